The van der Waals surface area contributed by atoms with Crippen molar-refractivity contribution in [1.82, 2.24) is 4.90 Å². The summed E-state index contributed by atoms with van der Waals surface area (Å²) >= 11 is 0. The smallest absolute Gasteiger partial charge is 0.231 e. The van der Waals surface area contributed by atoms with Crippen molar-refractivity contribution in [1.29, 1.82) is 0 Å². The van der Waals surface area contributed by atoms with Crippen LogP contribution in [0.3, 0.4) is 0 Å². The van der Waals surface area contributed by atoms with Gasteiger partial charge in [-0.2, -0.15) is 0 Å². The number of nitrogen functional groups attached to an aromatic ring is 1. The number of benzene rings is 1. The summed E-state index contributed by atoms with van der Waals surface area (Å²) in [4.78, 5) is 13.4. The van der Waals surface area contributed by atoms with E-state index in [0.29, 0.717) is 12.5 Å². The molecule has 1 saturated carbocycles. The molecule has 0 aliphatic heterocycles. The summed E-state index contributed by atoms with van der Waals surface area (Å²) in [6.45, 7) is 2.02. The minimum Gasteiger partial charge on any atom is -0.399 e. The van der Waals surface area contributed by atoms with Crippen molar-refractivity contribution in [2.24, 2.45) is 11.7 Å². The Bertz CT molecular complexity index is 441. The number of hydrogen-bond acceptors (Lipinski definition) is 3. The average Bonchev–Trinajstić information content (AvgIpc) is 2.39. The number of amides is 1. The summed E-state index contributed by atoms with van der Waals surface area (Å²) in [5.74, 6) is 0.439. The van der Waals surface area contributed by atoms with Gasteiger partial charge in [0.25, 0.3) is 0 Å². The second-order valence-electron chi connectivity index (χ2n) is 5.89. The van der Waals surface area contributed by atoms with Crippen LogP contribution in [0.2, 0.25) is 0 Å². The van der Waals surface area contributed by atoms with Crippen LogP contribution >= 0.6 is 0 Å². The molecule has 1 amide bonds. The molecule has 1 aliphatic rings. The highest BCUT2D eigenvalue weighted by molar-refractivity contribution is 5.75. The van der Waals surface area contributed by atoms with Crippen molar-refractivity contribution in [3.05, 3.63) is 29.8 Å². The second kappa shape index (κ2) is 7.29. The lowest BCUT2D eigenvalue weighted by Crippen LogP contribution is -2.37. The maximum Gasteiger partial charge on any atom is 0.231 e. The van der Waals surface area contributed by atoms with Crippen molar-refractivity contribution in [2.75, 3.05) is 18.8 Å². The summed E-state index contributed by atoms with van der Waals surface area (Å²) in [6.07, 6.45) is 6.51. The molecule has 110 valence electrons. The van der Waals surface area contributed by atoms with Crippen LogP contribution in [-0.2, 0) is 11.3 Å². The van der Waals surface area contributed by atoms with E-state index in [1.165, 1.54) is 32.1 Å². The van der Waals surface area contributed by atoms with E-state index in [1.807, 2.05) is 24.3 Å². The van der Waals surface area contributed by atoms with Crippen molar-refractivity contribution >= 4 is 11.6 Å². The Labute approximate surface area is 121 Å². The Hall–Kier alpha value is -1.55. The Morgan fingerprint density at radius 2 is 2.00 bits per heavy atom. The predicted molar refractivity (Wildman–Crippen MR) is 81.9 cm³/mol. The van der Waals surface area contributed by atoms with Gasteiger partial charge in [0.15, 0.2) is 0 Å². The summed E-state index contributed by atoms with van der Waals surface area (Å²) in [5.41, 5.74) is 13.1. The van der Waals surface area contributed by atoms with Crippen molar-refractivity contribution in [3.63, 3.8) is 0 Å². The van der Waals surface area contributed by atoms with Crippen LogP contribution in [0, 0.1) is 5.92 Å². The van der Waals surface area contributed by atoms with E-state index < -0.39 is 0 Å². The molecule has 1 aliphatic carbocycles. The highest BCUT2D eigenvalue weighted by atomic mass is 16.1. The summed E-state index contributed by atoms with van der Waals surface area (Å²) < 4.78 is 0. The van der Waals surface area contributed by atoms with Gasteiger partial charge in [-0.1, -0.05) is 31.4 Å². The van der Waals surface area contributed by atoms with E-state index in [9.17, 15) is 4.79 Å². The number of anilines is 1. The molecule has 1 fully saturated rings. The first kappa shape index (κ1) is 14.9. The van der Waals surface area contributed by atoms with Crippen LogP contribution < -0.4 is 11.5 Å². The van der Waals surface area contributed by atoms with Crippen LogP contribution in [0.25, 0.3) is 0 Å². The van der Waals surface area contributed by atoms with Crippen LogP contribution in [-0.4, -0.2) is 23.9 Å². The molecule has 4 nitrogen and oxygen atoms in total. The van der Waals surface area contributed by atoms with Gasteiger partial charge in [0.1, 0.15) is 0 Å². The normalized spacial score (nSPS) is 16.4. The van der Waals surface area contributed by atoms with E-state index in [4.69, 9.17) is 11.5 Å². The lowest BCUT2D eigenvalue weighted by atomic mass is 9.89. The van der Waals surface area contributed by atoms with E-state index >= 15 is 0 Å². The second-order valence-corrected chi connectivity index (χ2v) is 5.89. The molecule has 20 heavy (non-hydrogen) atoms. The minimum absolute atomic E-state index is 0.260. The van der Waals surface area contributed by atoms with Gasteiger partial charge in [-0.15, -0.1) is 0 Å². The molecule has 0 radical (unpaired) electrons. The van der Waals surface area contributed by atoms with Gasteiger partial charge < -0.3 is 11.5 Å². The van der Waals surface area contributed by atoms with Gasteiger partial charge in [-0.25, -0.2) is 0 Å². The third-order valence-electron chi connectivity index (χ3n) is 3.98. The van der Waals surface area contributed by atoms with E-state index in [-0.39, 0.29) is 5.91 Å². The zero-order chi connectivity index (χ0) is 14.4. The molecule has 0 aromatic heterocycles. The molecule has 0 bridgehead atoms. The topological polar surface area (TPSA) is 72.4 Å². The molecule has 0 spiro atoms. The molecule has 0 unspecified atom stereocenters. The SMILES string of the molecule is NC(=O)CN(Cc1cccc(N)c1)CC1CCCCC1. The fourth-order valence-electron chi connectivity index (χ4n) is 3.09. The Morgan fingerprint density at radius 1 is 1.25 bits per heavy atom. The van der Waals surface area contributed by atoms with E-state index in [2.05, 4.69) is 4.90 Å². The number of nitrogens with zero attached hydrogens (tertiary/aromatic N) is 1. The number of carbonyl (C=O) groups is 1. The third-order valence-corrected chi connectivity index (χ3v) is 3.98. The molecule has 4 heteroatoms. The zero-order valence-electron chi connectivity index (χ0n) is 12.1. The largest absolute Gasteiger partial charge is 0.399 e. The van der Waals surface area contributed by atoms with Gasteiger partial charge in [0.2, 0.25) is 5.91 Å². The first-order chi connectivity index (χ1) is 9.63. The molecule has 0 atom stereocenters. The number of carbonyl (C=O) groups excluding carboxylic acids is 1. The van der Waals surface area contributed by atoms with Crippen molar-refractivity contribution in [2.45, 2.75) is 38.6 Å². The Morgan fingerprint density at radius 3 is 2.65 bits per heavy atom. The monoisotopic (exact) mass is 275 g/mol. The fraction of sp³-hybridized carbons (Fsp3) is 0.562. The summed E-state index contributed by atoms with van der Waals surface area (Å²) in [7, 11) is 0. The van der Waals surface area contributed by atoms with Crippen LogP contribution in [0.15, 0.2) is 24.3 Å². The number of hydrogen-bond donors (Lipinski definition) is 2. The number of rotatable bonds is 6. The quantitative estimate of drug-likeness (QED) is 0.781. The number of primary amides is 1. The average molecular weight is 275 g/mol. The summed E-state index contributed by atoms with van der Waals surface area (Å²) in [6, 6.07) is 7.84. The molecular weight excluding hydrogens is 250 g/mol. The van der Waals surface area contributed by atoms with Gasteiger partial charge in [-0.3, -0.25) is 9.69 Å². The highest BCUT2D eigenvalue weighted by Gasteiger charge is 2.18. The molecule has 2 rings (SSSR count). The van der Waals surface area contributed by atoms with Gasteiger partial charge in [0, 0.05) is 18.8 Å². The first-order valence-corrected chi connectivity index (χ1v) is 7.48. The van der Waals surface area contributed by atoms with Crippen LogP contribution in [0.1, 0.15) is 37.7 Å². The molecular formula is C16H25N3O. The zero-order valence-corrected chi connectivity index (χ0v) is 12.1. The molecule has 4 N–H and O–H groups in total. The van der Waals surface area contributed by atoms with Crippen molar-refractivity contribution in [3.8, 4) is 0 Å². The van der Waals surface area contributed by atoms with Gasteiger partial charge in [-0.05, 0) is 36.5 Å². The highest BCUT2D eigenvalue weighted by Crippen LogP contribution is 2.25. The van der Waals surface area contributed by atoms with Gasteiger partial charge >= 0.3 is 0 Å². The third kappa shape index (κ3) is 4.85. The minimum atomic E-state index is -0.260. The molecule has 0 heterocycles. The molecule has 1 aromatic rings. The Balaban J connectivity index is 1.97. The van der Waals surface area contributed by atoms with E-state index in [1.54, 1.807) is 0 Å². The molecule has 1 aromatic carbocycles. The van der Waals surface area contributed by atoms with Crippen LogP contribution in [0.5, 0.6) is 0 Å². The van der Waals surface area contributed by atoms with Gasteiger partial charge in [0.05, 0.1) is 6.54 Å². The predicted octanol–water partition coefficient (Wildman–Crippen LogP) is 2.14. The fourth-order valence-corrected chi connectivity index (χ4v) is 3.09. The van der Waals surface area contributed by atoms with Crippen molar-refractivity contribution < 1.29 is 4.79 Å². The van der Waals surface area contributed by atoms with E-state index in [0.717, 1.165) is 24.3 Å². The maximum absolute atomic E-state index is 11.3. The lowest BCUT2D eigenvalue weighted by molar-refractivity contribution is -0.119. The summed E-state index contributed by atoms with van der Waals surface area (Å²) in [5, 5.41) is 0. The molecule has 0 saturated heterocycles. The van der Waals surface area contributed by atoms with Crippen LogP contribution in [0.4, 0.5) is 5.69 Å². The number of nitrogens with two attached hydrogens (primary N) is 2. The standard InChI is InChI=1S/C16H25N3O/c17-15-8-4-7-14(9-15)11-19(12-16(18)20)10-13-5-2-1-3-6-13/h4,7-9,13H,1-3,5-6,10-12,17H2,(H2,18,20). The lowest BCUT2D eigenvalue weighted by Gasteiger charge is -2.29. The Kier molecular flexibility index (Phi) is 5.41. The maximum atomic E-state index is 11.3. The first-order valence-electron chi connectivity index (χ1n) is 7.48.